The van der Waals surface area contributed by atoms with Crippen molar-refractivity contribution in [1.82, 2.24) is 0 Å². The first-order chi connectivity index (χ1) is 12.0. The molecule has 154 valence electrons. The SMILES string of the molecule is CO/[N+](=C/C(C)C)C1O[C@@H](CCOC(C)(C)OC)C[C@@H]1OC(C)(C)OC. The predicted molar refractivity (Wildman–Crippen MR) is 99.1 cm³/mol. The Labute approximate surface area is 158 Å². The van der Waals surface area contributed by atoms with Crippen molar-refractivity contribution in [3.63, 3.8) is 0 Å². The summed E-state index contributed by atoms with van der Waals surface area (Å²) < 4.78 is 30.6. The molecule has 1 unspecified atom stereocenters. The van der Waals surface area contributed by atoms with Gasteiger partial charge in [-0.15, -0.1) is 0 Å². The van der Waals surface area contributed by atoms with Gasteiger partial charge in [-0.25, -0.2) is 0 Å². The summed E-state index contributed by atoms with van der Waals surface area (Å²) >= 11 is 0. The molecule has 3 atom stereocenters. The molecule has 0 amide bonds. The molecule has 0 bridgehead atoms. The largest absolute Gasteiger partial charge is 0.354 e. The third-order valence-electron chi connectivity index (χ3n) is 4.36. The van der Waals surface area contributed by atoms with Crippen molar-refractivity contribution in [1.29, 1.82) is 0 Å². The third kappa shape index (κ3) is 7.48. The molecule has 1 aliphatic heterocycles. The Morgan fingerprint density at radius 1 is 1.08 bits per heavy atom. The molecule has 1 rings (SSSR count). The van der Waals surface area contributed by atoms with E-state index in [1.165, 1.54) is 0 Å². The van der Waals surface area contributed by atoms with E-state index in [0.29, 0.717) is 12.5 Å². The molecule has 26 heavy (non-hydrogen) atoms. The number of hydrogen-bond donors (Lipinski definition) is 0. The Hall–Kier alpha value is -0.730. The Bertz CT molecular complexity index is 449. The van der Waals surface area contributed by atoms with Crippen LogP contribution in [0.15, 0.2) is 0 Å². The molecule has 0 N–H and O–H groups in total. The van der Waals surface area contributed by atoms with Crippen LogP contribution in [0.25, 0.3) is 0 Å². The van der Waals surface area contributed by atoms with E-state index in [4.69, 9.17) is 28.5 Å². The summed E-state index contributed by atoms with van der Waals surface area (Å²) in [5.74, 6) is -0.984. The van der Waals surface area contributed by atoms with Crippen LogP contribution < -0.4 is 0 Å². The molecule has 0 aromatic carbocycles. The first-order valence-electron chi connectivity index (χ1n) is 9.28. The summed E-state index contributed by atoms with van der Waals surface area (Å²) in [6.45, 7) is 12.3. The van der Waals surface area contributed by atoms with Gasteiger partial charge in [0.25, 0.3) is 0 Å². The molecule has 0 aromatic heterocycles. The normalized spacial score (nSPS) is 25.2. The van der Waals surface area contributed by atoms with Gasteiger partial charge in [0.05, 0.1) is 12.7 Å². The highest BCUT2D eigenvalue weighted by atomic mass is 16.7. The van der Waals surface area contributed by atoms with Gasteiger partial charge in [0, 0.05) is 31.3 Å². The molecule has 7 nitrogen and oxygen atoms in total. The minimum absolute atomic E-state index is 0.00326. The standard InChI is InChI=1S/C19H38NO6/c1-14(2)13-20(23-9)17-16(26-19(5,6)22-8)12-15(25-17)10-11-24-18(3,4)21-7/h13-17H,10-12H2,1-9H3/q+1/b20-13+/t15-,16-,17?/m0/s1. The van der Waals surface area contributed by atoms with Crippen LogP contribution in [0.1, 0.15) is 54.4 Å². The van der Waals surface area contributed by atoms with E-state index < -0.39 is 11.6 Å². The van der Waals surface area contributed by atoms with Crippen molar-refractivity contribution >= 4 is 6.21 Å². The first kappa shape index (κ1) is 23.3. The highest BCUT2D eigenvalue weighted by Crippen LogP contribution is 2.30. The maximum atomic E-state index is 6.24. The Morgan fingerprint density at radius 3 is 2.19 bits per heavy atom. The van der Waals surface area contributed by atoms with E-state index in [1.807, 2.05) is 33.9 Å². The van der Waals surface area contributed by atoms with E-state index in [1.54, 1.807) is 26.1 Å². The zero-order valence-electron chi connectivity index (χ0n) is 17.9. The fraction of sp³-hybridized carbons (Fsp3) is 0.947. The highest BCUT2D eigenvalue weighted by Gasteiger charge is 2.47. The average molecular weight is 377 g/mol. The third-order valence-corrected chi connectivity index (χ3v) is 4.36. The topological polar surface area (TPSA) is 58.4 Å². The second-order valence-electron chi connectivity index (χ2n) is 7.82. The number of rotatable bonds is 11. The van der Waals surface area contributed by atoms with Gasteiger partial charge in [0.15, 0.2) is 23.9 Å². The van der Waals surface area contributed by atoms with Crippen molar-refractivity contribution < 1.29 is 33.3 Å². The number of methoxy groups -OCH3 is 2. The molecule has 0 saturated carbocycles. The summed E-state index contributed by atoms with van der Waals surface area (Å²) in [6, 6.07) is 0. The monoisotopic (exact) mass is 376 g/mol. The number of ether oxygens (including phenoxy) is 5. The smallest absolute Gasteiger partial charge is 0.331 e. The van der Waals surface area contributed by atoms with Crippen molar-refractivity contribution in [2.24, 2.45) is 5.92 Å². The van der Waals surface area contributed by atoms with Crippen LogP contribution in [0.3, 0.4) is 0 Å². The molecule has 1 fully saturated rings. The van der Waals surface area contributed by atoms with E-state index in [0.717, 1.165) is 12.8 Å². The van der Waals surface area contributed by atoms with E-state index in [9.17, 15) is 0 Å². The molecule has 0 aromatic rings. The van der Waals surface area contributed by atoms with Crippen molar-refractivity contribution in [2.75, 3.05) is 27.9 Å². The van der Waals surface area contributed by atoms with Gasteiger partial charge >= 0.3 is 6.23 Å². The maximum absolute atomic E-state index is 6.24. The summed E-state index contributed by atoms with van der Waals surface area (Å²) in [4.78, 5) is 5.53. The van der Waals surface area contributed by atoms with Crippen LogP contribution in [-0.4, -0.2) is 68.9 Å². The van der Waals surface area contributed by atoms with Crippen LogP contribution in [0, 0.1) is 5.92 Å². The lowest BCUT2D eigenvalue weighted by Crippen LogP contribution is -2.42. The van der Waals surface area contributed by atoms with Crippen LogP contribution in [-0.2, 0) is 28.5 Å². The zero-order valence-corrected chi connectivity index (χ0v) is 17.9. The van der Waals surface area contributed by atoms with Crippen LogP contribution in [0.5, 0.6) is 0 Å². The van der Waals surface area contributed by atoms with Crippen molar-refractivity contribution in [3.8, 4) is 0 Å². The van der Waals surface area contributed by atoms with Gasteiger partial charge in [-0.05, 0) is 34.1 Å². The lowest BCUT2D eigenvalue weighted by Gasteiger charge is -2.27. The number of hydrogen-bond acceptors (Lipinski definition) is 6. The quantitative estimate of drug-likeness (QED) is 0.239. The van der Waals surface area contributed by atoms with Crippen LogP contribution in [0.2, 0.25) is 0 Å². The van der Waals surface area contributed by atoms with Gasteiger partial charge in [-0.3, -0.25) is 4.84 Å². The molecule has 1 aliphatic rings. The van der Waals surface area contributed by atoms with Gasteiger partial charge in [0.2, 0.25) is 0 Å². The minimum atomic E-state index is -0.701. The molecule has 7 heteroatoms. The summed E-state index contributed by atoms with van der Waals surface area (Å²) in [6.07, 6.45) is 2.96. The molecule has 0 radical (unpaired) electrons. The van der Waals surface area contributed by atoms with E-state index in [-0.39, 0.29) is 18.4 Å². The maximum Gasteiger partial charge on any atom is 0.331 e. The van der Waals surface area contributed by atoms with Crippen LogP contribution in [0.4, 0.5) is 0 Å². The van der Waals surface area contributed by atoms with Crippen molar-refractivity contribution in [2.45, 2.75) is 84.4 Å². The van der Waals surface area contributed by atoms with Gasteiger partial charge in [-0.2, -0.15) is 0 Å². The lowest BCUT2D eigenvalue weighted by atomic mass is 10.1. The molecule has 1 heterocycles. The fourth-order valence-electron chi connectivity index (χ4n) is 2.68. The highest BCUT2D eigenvalue weighted by molar-refractivity contribution is 5.53. The Balaban J connectivity index is 2.81. The van der Waals surface area contributed by atoms with Crippen LogP contribution >= 0.6 is 0 Å². The molecule has 0 spiro atoms. The molecule has 0 aliphatic carbocycles. The molecular weight excluding hydrogens is 338 g/mol. The lowest BCUT2D eigenvalue weighted by molar-refractivity contribution is -0.829. The molecule has 1 saturated heterocycles. The van der Waals surface area contributed by atoms with Gasteiger partial charge < -0.3 is 23.7 Å². The van der Waals surface area contributed by atoms with Crippen molar-refractivity contribution in [3.05, 3.63) is 0 Å². The second kappa shape index (κ2) is 9.99. The average Bonchev–Trinajstić information content (AvgIpc) is 2.94. The summed E-state index contributed by atoms with van der Waals surface area (Å²) in [7, 11) is 4.91. The predicted octanol–water partition coefficient (Wildman–Crippen LogP) is 2.96. The Morgan fingerprint density at radius 2 is 1.69 bits per heavy atom. The summed E-state index contributed by atoms with van der Waals surface area (Å²) in [5, 5.41) is 0. The first-order valence-corrected chi connectivity index (χ1v) is 9.28. The zero-order chi connectivity index (χ0) is 20.0. The molecular formula is C19H38NO6+. The second-order valence-corrected chi connectivity index (χ2v) is 7.82. The summed E-state index contributed by atoms with van der Waals surface area (Å²) in [5.41, 5.74) is 0. The number of nitrogens with zero attached hydrogens (tertiary/aromatic N) is 1. The van der Waals surface area contributed by atoms with E-state index >= 15 is 0 Å². The van der Waals surface area contributed by atoms with Gasteiger partial charge in [0.1, 0.15) is 7.11 Å². The van der Waals surface area contributed by atoms with E-state index in [2.05, 4.69) is 13.8 Å². The van der Waals surface area contributed by atoms with Gasteiger partial charge in [-0.1, -0.05) is 13.8 Å². The minimum Gasteiger partial charge on any atom is -0.354 e. The fourth-order valence-corrected chi connectivity index (χ4v) is 2.68. The number of hydroxylamine groups is 1. The Kier molecular flexibility index (Phi) is 8.96.